The van der Waals surface area contributed by atoms with Crippen molar-refractivity contribution in [2.45, 2.75) is 32.7 Å². The molecule has 40 heavy (non-hydrogen) atoms. The number of carbonyl (C=O) groups excluding carboxylic acids is 2. The standard InChI is InChI=1S/C29H31BrN6O3S/c1-18(2)26-24(15-31-36(26)29-33-25(17-40-29)20-7-5-10-23(13-20)39-4)27(37)34-11-12-35(19(3)16-34)28(38)32-22-9-6-8-21(30)14-22/h5-10,13-15,17-19H,11-12,16H2,1-4H3,(H,32,38). The topological polar surface area (TPSA) is 92.6 Å². The number of nitrogens with zero attached hydrogens (tertiary/aromatic N) is 5. The third kappa shape index (κ3) is 5.75. The highest BCUT2D eigenvalue weighted by molar-refractivity contribution is 9.10. The van der Waals surface area contributed by atoms with Crippen molar-refractivity contribution in [2.24, 2.45) is 0 Å². The van der Waals surface area contributed by atoms with Crippen LogP contribution in [0.5, 0.6) is 5.75 Å². The summed E-state index contributed by atoms with van der Waals surface area (Å²) in [6.07, 6.45) is 1.64. The van der Waals surface area contributed by atoms with E-state index in [2.05, 4.69) is 26.3 Å². The number of methoxy groups -OCH3 is 1. The van der Waals surface area contributed by atoms with E-state index in [1.165, 1.54) is 11.3 Å². The Morgan fingerprint density at radius 1 is 1.15 bits per heavy atom. The second-order valence-electron chi connectivity index (χ2n) is 9.99. The van der Waals surface area contributed by atoms with E-state index >= 15 is 0 Å². The molecule has 208 valence electrons. The Kier molecular flexibility index (Phi) is 8.22. The number of benzene rings is 2. The highest BCUT2D eigenvalue weighted by Crippen LogP contribution is 2.30. The molecule has 3 amide bonds. The number of halogens is 1. The van der Waals surface area contributed by atoms with Crippen LogP contribution in [0.15, 0.2) is 64.6 Å². The Hall–Kier alpha value is -3.70. The minimum absolute atomic E-state index is 0.0420. The van der Waals surface area contributed by atoms with Gasteiger partial charge in [0.1, 0.15) is 5.75 Å². The van der Waals surface area contributed by atoms with Crippen LogP contribution in [0.4, 0.5) is 10.5 Å². The molecule has 2 aromatic carbocycles. The van der Waals surface area contributed by atoms with E-state index in [1.807, 2.05) is 79.6 Å². The van der Waals surface area contributed by atoms with E-state index in [-0.39, 0.29) is 23.9 Å². The normalized spacial score (nSPS) is 15.4. The van der Waals surface area contributed by atoms with E-state index in [4.69, 9.17) is 9.72 Å². The Balaban J connectivity index is 1.32. The largest absolute Gasteiger partial charge is 0.497 e. The first-order valence-corrected chi connectivity index (χ1v) is 14.7. The van der Waals surface area contributed by atoms with Crippen LogP contribution in [0.1, 0.15) is 42.7 Å². The molecule has 11 heteroatoms. The fourth-order valence-corrected chi connectivity index (χ4v) is 6.08. The number of anilines is 1. The van der Waals surface area contributed by atoms with Crippen LogP contribution in [-0.4, -0.2) is 69.3 Å². The first-order chi connectivity index (χ1) is 19.2. The highest BCUT2D eigenvalue weighted by Gasteiger charge is 2.33. The molecule has 1 aliphatic rings. The molecule has 4 aromatic rings. The minimum atomic E-state index is -0.177. The summed E-state index contributed by atoms with van der Waals surface area (Å²) in [6.45, 7) is 7.37. The minimum Gasteiger partial charge on any atom is -0.497 e. The molecule has 2 aromatic heterocycles. The Morgan fingerprint density at radius 3 is 2.67 bits per heavy atom. The van der Waals surface area contributed by atoms with Gasteiger partial charge in [0.15, 0.2) is 0 Å². The summed E-state index contributed by atoms with van der Waals surface area (Å²) in [6, 6.07) is 14.9. The molecule has 0 bridgehead atoms. The van der Waals surface area contributed by atoms with Crippen molar-refractivity contribution in [3.63, 3.8) is 0 Å². The predicted molar refractivity (Wildman–Crippen MR) is 161 cm³/mol. The molecular weight excluding hydrogens is 592 g/mol. The molecule has 0 radical (unpaired) electrons. The molecule has 1 atom stereocenters. The van der Waals surface area contributed by atoms with Gasteiger partial charge in [-0.05, 0) is 43.2 Å². The number of urea groups is 1. The Labute approximate surface area is 245 Å². The van der Waals surface area contributed by atoms with Gasteiger partial charge in [0.05, 0.1) is 30.3 Å². The monoisotopic (exact) mass is 622 g/mol. The van der Waals surface area contributed by atoms with Crippen LogP contribution in [0.2, 0.25) is 0 Å². The zero-order chi connectivity index (χ0) is 28.4. The molecule has 1 saturated heterocycles. The summed E-state index contributed by atoms with van der Waals surface area (Å²) in [5.41, 5.74) is 3.87. The number of thiazole rings is 1. The molecule has 1 N–H and O–H groups in total. The molecule has 3 heterocycles. The average molecular weight is 624 g/mol. The zero-order valence-electron chi connectivity index (χ0n) is 22.8. The lowest BCUT2D eigenvalue weighted by molar-refractivity contribution is 0.0590. The predicted octanol–water partition coefficient (Wildman–Crippen LogP) is 6.27. The van der Waals surface area contributed by atoms with E-state index in [9.17, 15) is 9.59 Å². The molecular formula is C29H31BrN6O3S. The van der Waals surface area contributed by atoms with Gasteiger partial charge in [0.2, 0.25) is 5.13 Å². The summed E-state index contributed by atoms with van der Waals surface area (Å²) in [4.78, 5) is 35.1. The average Bonchev–Trinajstić information content (AvgIpc) is 3.60. The quantitative estimate of drug-likeness (QED) is 0.274. The van der Waals surface area contributed by atoms with Crippen molar-refractivity contribution in [3.8, 4) is 22.1 Å². The Bertz CT molecular complexity index is 1530. The van der Waals surface area contributed by atoms with Crippen LogP contribution in [0.25, 0.3) is 16.4 Å². The smallest absolute Gasteiger partial charge is 0.322 e. The molecule has 5 rings (SSSR count). The molecule has 9 nitrogen and oxygen atoms in total. The van der Waals surface area contributed by atoms with E-state index in [0.717, 1.165) is 32.9 Å². The third-order valence-electron chi connectivity index (χ3n) is 6.87. The molecule has 1 fully saturated rings. The lowest BCUT2D eigenvalue weighted by Gasteiger charge is -2.39. The molecule has 1 unspecified atom stereocenters. The van der Waals surface area contributed by atoms with Crippen LogP contribution < -0.4 is 10.1 Å². The lowest BCUT2D eigenvalue weighted by atomic mass is 10.0. The number of nitrogens with one attached hydrogen (secondary N) is 1. The second-order valence-corrected chi connectivity index (χ2v) is 11.7. The van der Waals surface area contributed by atoms with Crippen molar-refractivity contribution in [1.82, 2.24) is 24.6 Å². The number of ether oxygens (including phenoxy) is 1. The highest BCUT2D eigenvalue weighted by atomic mass is 79.9. The maximum absolute atomic E-state index is 13.7. The first kappa shape index (κ1) is 27.9. The SMILES string of the molecule is COc1cccc(-c2csc(-n3ncc(C(=O)N4CCN(C(=O)Nc5cccc(Br)c5)C(C)C4)c3C(C)C)n2)c1. The summed E-state index contributed by atoms with van der Waals surface area (Å²) < 4.78 is 8.02. The van der Waals surface area contributed by atoms with Gasteiger partial charge < -0.3 is 19.9 Å². The van der Waals surface area contributed by atoms with Gasteiger partial charge in [-0.1, -0.05) is 48.0 Å². The fourth-order valence-electron chi connectivity index (χ4n) is 4.88. The lowest BCUT2D eigenvalue weighted by Crippen LogP contribution is -2.56. The second kappa shape index (κ2) is 11.8. The maximum atomic E-state index is 13.7. The summed E-state index contributed by atoms with van der Waals surface area (Å²) in [5.74, 6) is 0.723. The van der Waals surface area contributed by atoms with Crippen molar-refractivity contribution >= 4 is 44.9 Å². The zero-order valence-corrected chi connectivity index (χ0v) is 25.2. The van der Waals surface area contributed by atoms with Crippen molar-refractivity contribution < 1.29 is 14.3 Å². The van der Waals surface area contributed by atoms with Gasteiger partial charge in [-0.25, -0.2) is 14.5 Å². The molecule has 0 aliphatic carbocycles. The van der Waals surface area contributed by atoms with Gasteiger partial charge in [-0.3, -0.25) is 4.79 Å². The number of piperazine rings is 1. The van der Waals surface area contributed by atoms with Gasteiger partial charge in [-0.15, -0.1) is 11.3 Å². The number of aromatic nitrogens is 3. The van der Waals surface area contributed by atoms with Gasteiger partial charge >= 0.3 is 6.03 Å². The number of carbonyl (C=O) groups is 2. The van der Waals surface area contributed by atoms with Crippen LogP contribution in [-0.2, 0) is 0 Å². The van der Waals surface area contributed by atoms with Crippen molar-refractivity contribution in [3.05, 3.63) is 75.8 Å². The number of rotatable bonds is 6. The van der Waals surface area contributed by atoms with Crippen LogP contribution in [0.3, 0.4) is 0 Å². The molecule has 0 saturated carbocycles. The van der Waals surface area contributed by atoms with Gasteiger partial charge in [0.25, 0.3) is 5.91 Å². The number of hydrogen-bond donors (Lipinski definition) is 1. The van der Waals surface area contributed by atoms with Crippen molar-refractivity contribution in [2.75, 3.05) is 32.1 Å². The van der Waals surface area contributed by atoms with Gasteiger partial charge in [-0.2, -0.15) is 5.10 Å². The van der Waals surface area contributed by atoms with Crippen molar-refractivity contribution in [1.29, 1.82) is 0 Å². The molecule has 0 spiro atoms. The number of hydrogen-bond acceptors (Lipinski definition) is 6. The number of amides is 3. The maximum Gasteiger partial charge on any atom is 0.322 e. The fraction of sp³-hybridized carbons (Fsp3) is 0.310. The van der Waals surface area contributed by atoms with E-state index in [0.29, 0.717) is 30.3 Å². The van der Waals surface area contributed by atoms with Crippen LogP contribution >= 0.6 is 27.3 Å². The Morgan fingerprint density at radius 2 is 1.95 bits per heavy atom. The van der Waals surface area contributed by atoms with E-state index in [1.54, 1.807) is 22.9 Å². The van der Waals surface area contributed by atoms with Gasteiger partial charge in [0, 0.05) is 46.8 Å². The molecule has 1 aliphatic heterocycles. The summed E-state index contributed by atoms with van der Waals surface area (Å²) >= 11 is 4.91. The summed E-state index contributed by atoms with van der Waals surface area (Å²) in [7, 11) is 1.64. The first-order valence-electron chi connectivity index (χ1n) is 13.1. The summed E-state index contributed by atoms with van der Waals surface area (Å²) in [5, 5.41) is 10.2. The third-order valence-corrected chi connectivity index (χ3v) is 8.18. The van der Waals surface area contributed by atoms with E-state index < -0.39 is 0 Å². The van der Waals surface area contributed by atoms with Crippen LogP contribution in [0, 0.1) is 0 Å².